The molecule has 2 unspecified atom stereocenters. The van der Waals surface area contributed by atoms with Gasteiger partial charge in [0.2, 0.25) is 17.8 Å². The molecule has 3 aromatic rings. The van der Waals surface area contributed by atoms with Crippen LogP contribution < -0.4 is 20.7 Å². The number of amides is 2. The van der Waals surface area contributed by atoms with E-state index in [-0.39, 0.29) is 35.7 Å². The fourth-order valence-electron chi connectivity index (χ4n) is 5.70. The molecule has 2 aliphatic rings. The van der Waals surface area contributed by atoms with Crippen LogP contribution in [-0.4, -0.2) is 74.8 Å². The van der Waals surface area contributed by atoms with Crippen molar-refractivity contribution in [1.82, 2.24) is 29.8 Å². The third-order valence-corrected chi connectivity index (χ3v) is 8.21. The molecule has 2 fully saturated rings. The van der Waals surface area contributed by atoms with Crippen molar-refractivity contribution in [2.75, 3.05) is 30.8 Å². The van der Waals surface area contributed by atoms with E-state index in [1.807, 2.05) is 36.2 Å². The number of nitrogens with one attached hydrogen (secondary N) is 3. The van der Waals surface area contributed by atoms with Gasteiger partial charge in [0.05, 0.1) is 6.20 Å². The second kappa shape index (κ2) is 13.5. The van der Waals surface area contributed by atoms with Gasteiger partial charge >= 0.3 is 6.01 Å². The van der Waals surface area contributed by atoms with Crippen molar-refractivity contribution in [1.29, 1.82) is 0 Å². The minimum Gasteiger partial charge on any atom is -0.457 e. The summed E-state index contributed by atoms with van der Waals surface area (Å²) in [6, 6.07) is 7.84. The van der Waals surface area contributed by atoms with E-state index in [2.05, 4.69) is 51.4 Å². The van der Waals surface area contributed by atoms with Crippen LogP contribution in [0.2, 0.25) is 0 Å². The first-order valence-electron chi connectivity index (χ1n) is 15.0. The van der Waals surface area contributed by atoms with Crippen LogP contribution in [0.5, 0.6) is 6.01 Å². The third-order valence-electron chi connectivity index (χ3n) is 8.21. The molecule has 5 rings (SSSR count). The highest BCUT2D eigenvalue weighted by molar-refractivity contribution is 5.92. The Morgan fingerprint density at radius 3 is 2.70 bits per heavy atom. The van der Waals surface area contributed by atoms with Gasteiger partial charge in [0.1, 0.15) is 12.3 Å². The zero-order chi connectivity index (χ0) is 30.5. The molecule has 1 aliphatic carbocycles. The van der Waals surface area contributed by atoms with Crippen LogP contribution in [0, 0.1) is 5.92 Å². The number of halogens is 1. The van der Waals surface area contributed by atoms with Crippen LogP contribution in [0.4, 0.5) is 16.0 Å². The van der Waals surface area contributed by atoms with E-state index in [9.17, 15) is 14.0 Å². The van der Waals surface area contributed by atoms with Crippen molar-refractivity contribution in [3.05, 3.63) is 54.2 Å². The fourth-order valence-corrected chi connectivity index (χ4v) is 5.70. The van der Waals surface area contributed by atoms with Crippen LogP contribution in [0.3, 0.4) is 0 Å². The Bertz CT molecular complexity index is 1450. The van der Waals surface area contributed by atoms with Gasteiger partial charge in [-0.15, -0.1) is 0 Å². The summed E-state index contributed by atoms with van der Waals surface area (Å²) in [5.74, 6) is 0.311. The summed E-state index contributed by atoms with van der Waals surface area (Å²) in [6.07, 6.45) is 4.81. The first-order chi connectivity index (χ1) is 20.7. The molecule has 2 aromatic heterocycles. The summed E-state index contributed by atoms with van der Waals surface area (Å²) in [6.45, 7) is 9.07. The van der Waals surface area contributed by atoms with Gasteiger partial charge in [-0.2, -0.15) is 19.6 Å². The summed E-state index contributed by atoms with van der Waals surface area (Å²) < 4.78 is 22.4. The van der Waals surface area contributed by atoms with Gasteiger partial charge in [-0.3, -0.25) is 9.59 Å². The number of fused-ring (bicyclic) bond motifs is 1. The van der Waals surface area contributed by atoms with E-state index in [1.165, 1.54) is 6.08 Å². The molecule has 2 amide bonds. The topological polar surface area (TPSA) is 126 Å². The third kappa shape index (κ3) is 7.48. The minimum atomic E-state index is -1.13. The smallest absolute Gasteiger partial charge is 0.322 e. The lowest BCUT2D eigenvalue weighted by atomic mass is 9.85. The number of benzene rings is 1. The molecule has 43 heavy (non-hydrogen) atoms. The first-order valence-corrected chi connectivity index (χ1v) is 15.0. The molecule has 0 spiro atoms. The van der Waals surface area contributed by atoms with Gasteiger partial charge in [-0.05, 0) is 62.4 Å². The second-order valence-electron chi connectivity index (χ2n) is 11.8. The van der Waals surface area contributed by atoms with Crippen molar-refractivity contribution < 1.29 is 18.7 Å². The van der Waals surface area contributed by atoms with Crippen molar-refractivity contribution >= 4 is 29.1 Å². The maximum absolute atomic E-state index is 14.7. The number of aromatic nitrogens is 4. The lowest BCUT2D eigenvalue weighted by Gasteiger charge is -2.31. The van der Waals surface area contributed by atoms with Crippen molar-refractivity contribution in [2.45, 2.75) is 76.7 Å². The molecule has 1 saturated heterocycles. The van der Waals surface area contributed by atoms with Crippen LogP contribution in [-0.2, 0) is 16.1 Å². The molecule has 12 heteroatoms. The van der Waals surface area contributed by atoms with Gasteiger partial charge in [0.15, 0.2) is 5.65 Å². The number of hydrogen-bond donors (Lipinski definition) is 3. The molecule has 3 N–H and O–H groups in total. The summed E-state index contributed by atoms with van der Waals surface area (Å²) in [5, 5.41) is 13.8. The van der Waals surface area contributed by atoms with Gasteiger partial charge in [0, 0.05) is 49.3 Å². The van der Waals surface area contributed by atoms with Gasteiger partial charge in [-0.1, -0.05) is 32.6 Å². The highest BCUT2D eigenvalue weighted by Crippen LogP contribution is 2.27. The van der Waals surface area contributed by atoms with Crippen molar-refractivity contribution in [3.63, 3.8) is 0 Å². The zero-order valence-corrected chi connectivity index (χ0v) is 25.1. The number of ether oxygens (including phenoxy) is 1. The Hall–Kier alpha value is -4.06. The number of anilines is 2. The van der Waals surface area contributed by atoms with Gasteiger partial charge in [0.25, 0.3) is 0 Å². The molecular weight excluding hydrogens is 551 g/mol. The number of carbonyl (C=O) groups is 2. The molecule has 0 bridgehead atoms. The number of nitrogens with zero attached hydrogens (tertiary/aromatic N) is 5. The molecule has 2 atom stereocenters. The van der Waals surface area contributed by atoms with Crippen LogP contribution in [0.25, 0.3) is 5.65 Å². The number of likely N-dealkylation sites (tertiary alicyclic amines) is 1. The molecule has 1 saturated carbocycles. The number of piperidine rings is 1. The fraction of sp³-hybridized carbons (Fsp3) is 0.516. The van der Waals surface area contributed by atoms with Crippen molar-refractivity contribution in [3.8, 4) is 6.01 Å². The minimum absolute atomic E-state index is 0.0178. The molecule has 0 radical (unpaired) electrons. The Morgan fingerprint density at radius 2 is 1.98 bits per heavy atom. The summed E-state index contributed by atoms with van der Waals surface area (Å²) >= 11 is 0. The van der Waals surface area contributed by atoms with Crippen LogP contribution >= 0.6 is 0 Å². The van der Waals surface area contributed by atoms with E-state index < -0.39 is 12.3 Å². The normalized spacial score (nSPS) is 22.7. The van der Waals surface area contributed by atoms with Gasteiger partial charge < -0.3 is 25.6 Å². The number of alkyl halides is 1. The average molecular weight is 593 g/mol. The SMILES string of the molecule is C=CC(=O)N[C@H]1CC[C@@H](C(=O)Nc2cccc(CNc3nc(OC4CCN(C)CC4F)nc4c(C(C)C)cnn34)c2)CC1. The summed E-state index contributed by atoms with van der Waals surface area (Å²) in [5.41, 5.74) is 3.20. The maximum atomic E-state index is 14.7. The maximum Gasteiger partial charge on any atom is 0.322 e. The number of hydrogen-bond acceptors (Lipinski definition) is 8. The Balaban J connectivity index is 1.25. The Labute approximate surface area is 251 Å². The average Bonchev–Trinajstić information content (AvgIpc) is 3.42. The molecule has 1 aromatic carbocycles. The van der Waals surface area contributed by atoms with Crippen LogP contribution in [0.1, 0.15) is 63.0 Å². The van der Waals surface area contributed by atoms with E-state index in [4.69, 9.17) is 4.74 Å². The molecular formula is C31H41FN8O3. The zero-order valence-electron chi connectivity index (χ0n) is 25.1. The summed E-state index contributed by atoms with van der Waals surface area (Å²) in [7, 11) is 1.90. The molecule has 230 valence electrons. The predicted octanol–water partition coefficient (Wildman–Crippen LogP) is 4.08. The van der Waals surface area contributed by atoms with Crippen LogP contribution in [0.15, 0.2) is 43.1 Å². The lowest BCUT2D eigenvalue weighted by molar-refractivity contribution is -0.121. The molecule has 11 nitrogen and oxygen atoms in total. The quantitative estimate of drug-likeness (QED) is 0.301. The predicted molar refractivity (Wildman–Crippen MR) is 163 cm³/mol. The lowest BCUT2D eigenvalue weighted by Crippen LogP contribution is -2.45. The first kappa shape index (κ1) is 30.4. The standard InChI is InChI=1S/C31H41FN8O3/c1-5-27(41)35-22-11-9-21(10-12-22)29(42)36-23-8-6-7-20(15-23)16-33-30-38-31(43-26-13-14-39(4)18-25(26)32)37-28-24(19(2)3)17-34-40(28)30/h5-8,15,17,19,21-22,25-26H,1,9-14,16,18H2,2-4H3,(H,35,41)(H,36,42)(H,33,37,38)/t21-,22+,25?,26?. The highest BCUT2D eigenvalue weighted by Gasteiger charge is 2.31. The monoisotopic (exact) mass is 592 g/mol. The Morgan fingerprint density at radius 1 is 1.19 bits per heavy atom. The van der Waals surface area contributed by atoms with E-state index in [0.717, 1.165) is 30.5 Å². The van der Waals surface area contributed by atoms with E-state index in [1.54, 1.807) is 10.7 Å². The Kier molecular flexibility index (Phi) is 9.54. The van der Waals surface area contributed by atoms with E-state index in [0.29, 0.717) is 49.6 Å². The largest absolute Gasteiger partial charge is 0.457 e. The number of carbonyl (C=O) groups excluding carboxylic acids is 2. The number of rotatable bonds is 10. The second-order valence-corrected chi connectivity index (χ2v) is 11.8. The van der Waals surface area contributed by atoms with Crippen molar-refractivity contribution in [2.24, 2.45) is 5.92 Å². The molecule has 1 aliphatic heterocycles. The van der Waals surface area contributed by atoms with E-state index >= 15 is 0 Å². The highest BCUT2D eigenvalue weighted by atomic mass is 19.1. The molecule has 3 heterocycles. The summed E-state index contributed by atoms with van der Waals surface area (Å²) in [4.78, 5) is 35.7. The van der Waals surface area contributed by atoms with Gasteiger partial charge in [-0.25, -0.2) is 4.39 Å².